The molecule has 0 amide bonds. The lowest BCUT2D eigenvalue weighted by atomic mass is 10.2. The Labute approximate surface area is 186 Å². The molecule has 2 aromatic rings. The van der Waals surface area contributed by atoms with E-state index in [9.17, 15) is 8.42 Å². The summed E-state index contributed by atoms with van der Waals surface area (Å²) in [5.41, 5.74) is 0.730. The normalized spacial score (nSPS) is 18.4. The molecular formula is C19H24Cl2N4O2S2. The lowest BCUT2D eigenvalue weighted by Crippen LogP contribution is -2.38. The van der Waals surface area contributed by atoms with Gasteiger partial charge in [0.1, 0.15) is 0 Å². The van der Waals surface area contributed by atoms with Crippen molar-refractivity contribution in [2.24, 2.45) is 0 Å². The summed E-state index contributed by atoms with van der Waals surface area (Å²) in [6.07, 6.45) is 3.30. The van der Waals surface area contributed by atoms with E-state index in [0.29, 0.717) is 40.3 Å². The number of rotatable bonds is 8. The Morgan fingerprint density at radius 2 is 2.17 bits per heavy atom. The molecule has 0 bridgehead atoms. The first-order valence-corrected chi connectivity index (χ1v) is 12.4. The van der Waals surface area contributed by atoms with E-state index in [1.807, 2.05) is 10.6 Å². The average molecular weight is 475 g/mol. The zero-order chi connectivity index (χ0) is 21.2. The highest BCUT2D eigenvalue weighted by Gasteiger charge is 2.32. The molecule has 1 aliphatic rings. The van der Waals surface area contributed by atoms with Crippen LogP contribution in [0.5, 0.6) is 0 Å². The Kier molecular flexibility index (Phi) is 7.22. The number of sulfone groups is 1. The second-order valence-corrected chi connectivity index (χ2v) is 10.6. The third kappa shape index (κ3) is 5.11. The largest absolute Gasteiger partial charge is 0.296 e. The average Bonchev–Trinajstić information content (AvgIpc) is 3.16. The van der Waals surface area contributed by atoms with Gasteiger partial charge in [-0.3, -0.25) is 9.47 Å². The predicted molar refractivity (Wildman–Crippen MR) is 121 cm³/mol. The van der Waals surface area contributed by atoms with Crippen LogP contribution >= 0.6 is 35.4 Å². The van der Waals surface area contributed by atoms with E-state index >= 15 is 0 Å². The second kappa shape index (κ2) is 9.31. The maximum Gasteiger partial charge on any atom is 0.199 e. The van der Waals surface area contributed by atoms with Gasteiger partial charge in [-0.15, -0.1) is 6.58 Å². The Balaban J connectivity index is 1.98. The number of halogens is 2. The van der Waals surface area contributed by atoms with Crippen molar-refractivity contribution in [1.29, 1.82) is 0 Å². The molecule has 6 nitrogen and oxygen atoms in total. The Bertz CT molecular complexity index is 1060. The predicted octanol–water partition coefficient (Wildman–Crippen LogP) is 4.43. The third-order valence-electron chi connectivity index (χ3n) is 4.96. The molecule has 2 heterocycles. The highest BCUT2D eigenvalue weighted by atomic mass is 35.5. The van der Waals surface area contributed by atoms with Crippen molar-refractivity contribution >= 4 is 45.3 Å². The fraction of sp³-hybridized carbons (Fsp3) is 0.474. The summed E-state index contributed by atoms with van der Waals surface area (Å²) in [6.45, 7) is 7.57. The van der Waals surface area contributed by atoms with Gasteiger partial charge in [-0.25, -0.2) is 13.1 Å². The third-order valence-corrected chi connectivity index (χ3v) is 7.69. The van der Waals surface area contributed by atoms with Gasteiger partial charge in [0.25, 0.3) is 0 Å². The van der Waals surface area contributed by atoms with E-state index in [0.717, 1.165) is 18.5 Å². The van der Waals surface area contributed by atoms with Gasteiger partial charge in [-0.05, 0) is 49.8 Å². The molecule has 0 N–H and O–H groups in total. The molecule has 1 aromatic heterocycles. The molecule has 0 saturated carbocycles. The molecule has 158 valence electrons. The molecule has 1 unspecified atom stereocenters. The Hall–Kier alpha value is -1.19. The van der Waals surface area contributed by atoms with Crippen LogP contribution in [0.4, 0.5) is 0 Å². The monoisotopic (exact) mass is 474 g/mol. The summed E-state index contributed by atoms with van der Waals surface area (Å²) in [5, 5.41) is 5.76. The van der Waals surface area contributed by atoms with Crippen molar-refractivity contribution in [2.45, 2.75) is 39.0 Å². The van der Waals surface area contributed by atoms with Gasteiger partial charge >= 0.3 is 0 Å². The lowest BCUT2D eigenvalue weighted by Gasteiger charge is -2.27. The Morgan fingerprint density at radius 3 is 2.76 bits per heavy atom. The molecule has 3 rings (SSSR count). The zero-order valence-corrected chi connectivity index (χ0v) is 19.4. The summed E-state index contributed by atoms with van der Waals surface area (Å²) in [7, 11) is -2.97. The summed E-state index contributed by atoms with van der Waals surface area (Å²) in [5.74, 6) is 1.05. The summed E-state index contributed by atoms with van der Waals surface area (Å²) >= 11 is 18.1. The van der Waals surface area contributed by atoms with Gasteiger partial charge in [-0.1, -0.05) is 36.2 Å². The lowest BCUT2D eigenvalue weighted by molar-refractivity contribution is 0.155. The second-order valence-electron chi connectivity index (χ2n) is 7.14. The standard InChI is InChI=1S/C19H24Cl2N4O2S2/c1-3-8-23(15-7-10-29(26,27)12-15)13-25-19(28)24(9-4-2)18(22-25)16-6-5-14(20)11-17(16)21/h4-6,11,15H,2-3,7-10,12-13H2,1H3. The van der Waals surface area contributed by atoms with Crippen LogP contribution in [-0.4, -0.2) is 51.8 Å². The summed E-state index contributed by atoms with van der Waals surface area (Å²) in [4.78, 5) is 2.15. The fourth-order valence-electron chi connectivity index (χ4n) is 3.59. The number of hydrogen-bond acceptors (Lipinski definition) is 5. The van der Waals surface area contributed by atoms with Gasteiger partial charge in [-0.2, -0.15) is 5.10 Å². The number of nitrogens with zero attached hydrogens (tertiary/aromatic N) is 4. The van der Waals surface area contributed by atoms with E-state index in [1.54, 1.807) is 22.9 Å². The number of hydrogen-bond donors (Lipinski definition) is 0. The van der Waals surface area contributed by atoms with E-state index in [1.165, 1.54) is 0 Å². The van der Waals surface area contributed by atoms with Crippen molar-refractivity contribution in [3.05, 3.63) is 45.7 Å². The molecule has 29 heavy (non-hydrogen) atoms. The Morgan fingerprint density at radius 1 is 1.41 bits per heavy atom. The van der Waals surface area contributed by atoms with Crippen molar-refractivity contribution < 1.29 is 8.42 Å². The molecule has 1 fully saturated rings. The van der Waals surface area contributed by atoms with Crippen LogP contribution < -0.4 is 0 Å². The van der Waals surface area contributed by atoms with Gasteiger partial charge in [0.15, 0.2) is 20.4 Å². The van der Waals surface area contributed by atoms with Gasteiger partial charge in [0.05, 0.1) is 23.2 Å². The van der Waals surface area contributed by atoms with E-state index in [4.69, 9.17) is 40.5 Å². The first-order valence-electron chi connectivity index (χ1n) is 9.44. The minimum Gasteiger partial charge on any atom is -0.296 e. The van der Waals surface area contributed by atoms with Crippen molar-refractivity contribution in [3.8, 4) is 11.4 Å². The molecule has 0 aliphatic carbocycles. The highest BCUT2D eigenvalue weighted by molar-refractivity contribution is 7.91. The van der Waals surface area contributed by atoms with Crippen LogP contribution in [-0.2, 0) is 23.1 Å². The topological polar surface area (TPSA) is 60.1 Å². The molecule has 1 aromatic carbocycles. The van der Waals surface area contributed by atoms with Gasteiger partial charge in [0.2, 0.25) is 0 Å². The minimum atomic E-state index is -2.97. The molecule has 1 aliphatic heterocycles. The number of benzene rings is 1. The fourth-order valence-corrected chi connectivity index (χ4v) is 6.10. The van der Waals surface area contributed by atoms with E-state index in [2.05, 4.69) is 18.4 Å². The number of allylic oxidation sites excluding steroid dienone is 1. The van der Waals surface area contributed by atoms with Crippen LogP contribution in [0.1, 0.15) is 19.8 Å². The van der Waals surface area contributed by atoms with E-state index in [-0.39, 0.29) is 17.5 Å². The van der Waals surface area contributed by atoms with Crippen LogP contribution in [0.15, 0.2) is 30.9 Å². The summed E-state index contributed by atoms with van der Waals surface area (Å²) < 4.78 is 28.0. The van der Waals surface area contributed by atoms with Crippen LogP contribution in [0.3, 0.4) is 0 Å². The maximum atomic E-state index is 12.0. The van der Waals surface area contributed by atoms with Crippen molar-refractivity contribution in [1.82, 2.24) is 19.2 Å². The van der Waals surface area contributed by atoms with E-state index < -0.39 is 9.84 Å². The molecule has 0 radical (unpaired) electrons. The molecule has 1 atom stereocenters. The molecule has 1 saturated heterocycles. The first kappa shape index (κ1) is 22.5. The summed E-state index contributed by atoms with van der Waals surface area (Å²) in [6, 6.07) is 5.23. The number of aromatic nitrogens is 3. The van der Waals surface area contributed by atoms with Crippen molar-refractivity contribution in [3.63, 3.8) is 0 Å². The highest BCUT2D eigenvalue weighted by Crippen LogP contribution is 2.30. The molecule has 10 heteroatoms. The smallest absolute Gasteiger partial charge is 0.199 e. The zero-order valence-electron chi connectivity index (χ0n) is 16.2. The molecular weight excluding hydrogens is 451 g/mol. The quantitative estimate of drug-likeness (QED) is 0.418. The van der Waals surface area contributed by atoms with Gasteiger partial charge in [0, 0.05) is 23.2 Å². The van der Waals surface area contributed by atoms with Crippen molar-refractivity contribution in [2.75, 3.05) is 18.1 Å². The SMILES string of the molecule is C=CCn1c(-c2ccc(Cl)cc2Cl)nn(CN(CCC)C2CCS(=O)(=O)C2)c1=S. The van der Waals surface area contributed by atoms with Crippen LogP contribution in [0, 0.1) is 4.77 Å². The first-order chi connectivity index (χ1) is 13.8. The minimum absolute atomic E-state index is 0.0195. The van der Waals surface area contributed by atoms with Gasteiger partial charge < -0.3 is 0 Å². The van der Waals surface area contributed by atoms with Crippen LogP contribution in [0.25, 0.3) is 11.4 Å². The maximum absolute atomic E-state index is 12.0. The molecule has 0 spiro atoms. The van der Waals surface area contributed by atoms with Crippen LogP contribution in [0.2, 0.25) is 10.0 Å².